The van der Waals surface area contributed by atoms with E-state index in [0.717, 1.165) is 18.3 Å². The molecule has 1 N–H and O–H groups in total. The van der Waals surface area contributed by atoms with Crippen molar-refractivity contribution in [3.8, 4) is 0 Å². The van der Waals surface area contributed by atoms with Crippen molar-refractivity contribution in [3.63, 3.8) is 0 Å². The summed E-state index contributed by atoms with van der Waals surface area (Å²) >= 11 is 0. The number of allylic oxidation sites excluding steroid dienone is 5. The summed E-state index contributed by atoms with van der Waals surface area (Å²) in [5.41, 5.74) is 4.82. The Bertz CT molecular complexity index is 796. The first-order chi connectivity index (χ1) is 13.7. The molecule has 1 heterocycles. The quantitative estimate of drug-likeness (QED) is 0.220. The Morgan fingerprint density at radius 1 is 1.31 bits per heavy atom. The first-order valence-electron chi connectivity index (χ1n) is 10.8. The number of esters is 1. The smallest absolute Gasteiger partial charge is 0.333 e. The van der Waals surface area contributed by atoms with Crippen LogP contribution in [0.4, 0.5) is 0 Å². The highest BCUT2D eigenvalue weighted by Gasteiger charge is 2.49. The molecule has 0 amide bonds. The standard InChI is InChI=1S/C25H34O4/c1-17-9-12-21-24(2,3)13-6-14-25(21,4)20(17)11-10-18(16-26)7-5-8-19-15-22(27)29-23(19)28/h5,7-8,15-16,21,23,28H,6,9-14H2,1-4H3. The monoisotopic (exact) mass is 398 g/mol. The number of hydrogen-bond donors (Lipinski definition) is 1. The summed E-state index contributed by atoms with van der Waals surface area (Å²) in [6.07, 6.45) is 13.9. The average molecular weight is 399 g/mol. The highest BCUT2D eigenvalue weighted by Crippen LogP contribution is 2.60. The first kappa shape index (κ1) is 21.8. The Kier molecular flexibility index (Phi) is 6.33. The van der Waals surface area contributed by atoms with Gasteiger partial charge in [-0.15, -0.1) is 0 Å². The normalized spacial score (nSPS) is 32.2. The molecule has 0 radical (unpaired) electrons. The van der Waals surface area contributed by atoms with Crippen LogP contribution in [0.1, 0.15) is 72.6 Å². The van der Waals surface area contributed by atoms with E-state index < -0.39 is 12.3 Å². The van der Waals surface area contributed by atoms with Gasteiger partial charge in [0, 0.05) is 11.6 Å². The Balaban J connectivity index is 1.72. The van der Waals surface area contributed by atoms with Gasteiger partial charge in [0.2, 0.25) is 6.29 Å². The number of aldehydes is 1. The summed E-state index contributed by atoms with van der Waals surface area (Å²) in [5, 5.41) is 9.61. The molecule has 0 aromatic rings. The van der Waals surface area contributed by atoms with E-state index in [1.54, 1.807) is 23.8 Å². The van der Waals surface area contributed by atoms with Crippen LogP contribution in [0.3, 0.4) is 0 Å². The van der Waals surface area contributed by atoms with Crippen LogP contribution in [0.2, 0.25) is 0 Å². The van der Waals surface area contributed by atoms with Crippen LogP contribution in [0.5, 0.6) is 0 Å². The zero-order valence-corrected chi connectivity index (χ0v) is 18.2. The van der Waals surface area contributed by atoms with Crippen molar-refractivity contribution in [2.24, 2.45) is 16.7 Å². The molecule has 0 aromatic heterocycles. The maximum Gasteiger partial charge on any atom is 0.333 e. The van der Waals surface area contributed by atoms with E-state index in [1.165, 1.54) is 43.8 Å². The number of carbonyl (C=O) groups is 2. The molecular formula is C25H34O4. The van der Waals surface area contributed by atoms with E-state index in [9.17, 15) is 14.7 Å². The second kappa shape index (κ2) is 8.43. The molecule has 2 aliphatic carbocycles. The van der Waals surface area contributed by atoms with Crippen LogP contribution in [0, 0.1) is 16.7 Å². The van der Waals surface area contributed by atoms with Crippen LogP contribution in [0.25, 0.3) is 0 Å². The number of aliphatic hydroxyl groups excluding tert-OH is 1. The predicted molar refractivity (Wildman–Crippen MR) is 114 cm³/mol. The second-order valence-corrected chi connectivity index (χ2v) is 9.76. The number of cyclic esters (lactones) is 1. The lowest BCUT2D eigenvalue weighted by Gasteiger charge is -2.55. The number of hydrogen-bond acceptors (Lipinski definition) is 4. The summed E-state index contributed by atoms with van der Waals surface area (Å²) in [6, 6.07) is 0. The largest absolute Gasteiger partial charge is 0.428 e. The maximum atomic E-state index is 11.6. The minimum atomic E-state index is -1.21. The van der Waals surface area contributed by atoms with Crippen LogP contribution in [-0.2, 0) is 14.3 Å². The first-order valence-corrected chi connectivity index (χ1v) is 10.8. The number of ether oxygens (including phenoxy) is 1. The van der Waals surface area contributed by atoms with Gasteiger partial charge in [-0.2, -0.15) is 0 Å². The average Bonchev–Trinajstić information content (AvgIpc) is 2.96. The van der Waals surface area contributed by atoms with E-state index in [0.29, 0.717) is 23.3 Å². The van der Waals surface area contributed by atoms with Crippen LogP contribution < -0.4 is 0 Å². The Labute approximate surface area is 174 Å². The van der Waals surface area contributed by atoms with E-state index in [-0.39, 0.29) is 5.41 Å². The molecule has 4 nitrogen and oxygen atoms in total. The fourth-order valence-corrected chi connectivity index (χ4v) is 5.97. The van der Waals surface area contributed by atoms with Gasteiger partial charge in [0.1, 0.15) is 6.29 Å². The van der Waals surface area contributed by atoms with Gasteiger partial charge in [-0.05, 0) is 67.8 Å². The Morgan fingerprint density at radius 2 is 2.07 bits per heavy atom. The Morgan fingerprint density at radius 3 is 2.72 bits per heavy atom. The molecule has 1 saturated carbocycles. The molecule has 1 aliphatic heterocycles. The highest BCUT2D eigenvalue weighted by atomic mass is 16.6. The maximum absolute atomic E-state index is 11.6. The third kappa shape index (κ3) is 4.48. The van der Waals surface area contributed by atoms with Crippen molar-refractivity contribution in [3.05, 3.63) is 46.6 Å². The van der Waals surface area contributed by atoms with E-state index in [2.05, 4.69) is 32.4 Å². The molecule has 158 valence electrons. The van der Waals surface area contributed by atoms with Gasteiger partial charge in [-0.3, -0.25) is 4.79 Å². The molecule has 3 rings (SSSR count). The number of aliphatic hydroxyl groups is 1. The number of rotatable bonds is 6. The van der Waals surface area contributed by atoms with Crippen molar-refractivity contribution in [2.45, 2.75) is 78.9 Å². The van der Waals surface area contributed by atoms with Crippen molar-refractivity contribution < 1.29 is 19.4 Å². The number of carbonyl (C=O) groups excluding carboxylic acids is 2. The van der Waals surface area contributed by atoms with Crippen molar-refractivity contribution >= 4 is 12.3 Å². The van der Waals surface area contributed by atoms with E-state index in [4.69, 9.17) is 0 Å². The lowest BCUT2D eigenvalue weighted by molar-refractivity contribution is -0.150. The molecule has 29 heavy (non-hydrogen) atoms. The molecule has 3 atom stereocenters. The number of fused-ring (bicyclic) bond motifs is 1. The summed E-state index contributed by atoms with van der Waals surface area (Å²) < 4.78 is 4.65. The Hall–Kier alpha value is -1.94. The fourth-order valence-electron chi connectivity index (χ4n) is 5.97. The lowest BCUT2D eigenvalue weighted by atomic mass is 9.50. The van der Waals surface area contributed by atoms with Crippen LogP contribution >= 0.6 is 0 Å². The van der Waals surface area contributed by atoms with Gasteiger partial charge in [0.15, 0.2) is 0 Å². The van der Waals surface area contributed by atoms with Crippen molar-refractivity contribution in [2.75, 3.05) is 0 Å². The molecule has 3 unspecified atom stereocenters. The zero-order chi connectivity index (χ0) is 21.2. The molecule has 0 saturated heterocycles. The molecule has 4 heteroatoms. The van der Waals surface area contributed by atoms with Gasteiger partial charge in [-0.25, -0.2) is 4.79 Å². The summed E-state index contributed by atoms with van der Waals surface area (Å²) in [4.78, 5) is 22.8. The van der Waals surface area contributed by atoms with Crippen LogP contribution in [-0.4, -0.2) is 23.7 Å². The summed E-state index contributed by atoms with van der Waals surface area (Å²) in [5.74, 6) is 0.161. The molecular weight excluding hydrogens is 364 g/mol. The second-order valence-electron chi connectivity index (χ2n) is 9.76. The lowest BCUT2D eigenvalue weighted by Crippen LogP contribution is -2.45. The molecule has 0 bridgehead atoms. The minimum Gasteiger partial charge on any atom is -0.428 e. The van der Waals surface area contributed by atoms with Crippen molar-refractivity contribution in [1.29, 1.82) is 0 Å². The summed E-state index contributed by atoms with van der Waals surface area (Å²) in [6.45, 7) is 9.57. The van der Waals surface area contributed by atoms with Gasteiger partial charge in [0.25, 0.3) is 0 Å². The van der Waals surface area contributed by atoms with Gasteiger partial charge in [0.05, 0.1) is 0 Å². The molecule has 0 spiro atoms. The SMILES string of the molecule is CC1=C(CCC(C=O)=CC=CC2=CC(=O)OC2O)C2(C)CCCC(C)(C)C2CC1. The zero-order valence-electron chi connectivity index (χ0n) is 18.2. The third-order valence-corrected chi connectivity index (χ3v) is 7.45. The van der Waals surface area contributed by atoms with Gasteiger partial charge >= 0.3 is 5.97 Å². The topological polar surface area (TPSA) is 63.6 Å². The van der Waals surface area contributed by atoms with E-state index >= 15 is 0 Å². The summed E-state index contributed by atoms with van der Waals surface area (Å²) in [7, 11) is 0. The van der Waals surface area contributed by atoms with Gasteiger partial charge in [-0.1, -0.05) is 56.6 Å². The minimum absolute atomic E-state index is 0.240. The fraction of sp³-hybridized carbons (Fsp3) is 0.600. The van der Waals surface area contributed by atoms with E-state index in [1.807, 2.05) is 0 Å². The van der Waals surface area contributed by atoms with Gasteiger partial charge < -0.3 is 9.84 Å². The predicted octanol–water partition coefficient (Wildman–Crippen LogP) is 5.19. The molecule has 1 fully saturated rings. The van der Waals surface area contributed by atoms with Crippen molar-refractivity contribution in [1.82, 2.24) is 0 Å². The van der Waals surface area contributed by atoms with Crippen LogP contribution in [0.15, 0.2) is 46.6 Å². The molecule has 0 aromatic carbocycles. The molecule has 3 aliphatic rings. The highest BCUT2D eigenvalue weighted by molar-refractivity contribution is 5.86. The third-order valence-electron chi connectivity index (χ3n) is 7.45.